The lowest BCUT2D eigenvalue weighted by atomic mass is 10.1. The number of carbonyl (C=O) groups is 1. The average Bonchev–Trinajstić information content (AvgIpc) is 2.35. The zero-order valence-electron chi connectivity index (χ0n) is 12.3. The Hall–Kier alpha value is -1.30. The molecule has 1 atom stereocenters. The number of piperazine rings is 1. The summed E-state index contributed by atoms with van der Waals surface area (Å²) >= 11 is 0. The van der Waals surface area contributed by atoms with E-state index in [1.54, 1.807) is 0 Å². The minimum Gasteiger partial charge on any atom is -0.386 e. The first-order valence-electron chi connectivity index (χ1n) is 7.09. The van der Waals surface area contributed by atoms with Crippen LogP contribution in [-0.2, 0) is 0 Å². The Balaban J connectivity index is 2.47. The molecule has 6 heteroatoms. The van der Waals surface area contributed by atoms with Gasteiger partial charge >= 0.3 is 6.03 Å². The Morgan fingerprint density at radius 2 is 1.89 bits per heavy atom. The van der Waals surface area contributed by atoms with Crippen LogP contribution in [0.1, 0.15) is 33.6 Å². The molecule has 1 unspecified atom stereocenters. The van der Waals surface area contributed by atoms with E-state index in [9.17, 15) is 4.79 Å². The average molecular weight is 269 g/mol. The molecule has 0 radical (unpaired) electrons. The van der Waals surface area contributed by atoms with E-state index in [0.717, 1.165) is 25.9 Å². The summed E-state index contributed by atoms with van der Waals surface area (Å²) in [5.74, 6) is 0.238. The van der Waals surface area contributed by atoms with Crippen molar-refractivity contribution in [2.75, 3.05) is 26.2 Å². The van der Waals surface area contributed by atoms with Crippen LogP contribution >= 0.6 is 0 Å². The van der Waals surface area contributed by atoms with Crippen molar-refractivity contribution in [2.24, 2.45) is 5.73 Å². The van der Waals surface area contributed by atoms with Crippen LogP contribution < -0.4 is 11.1 Å². The van der Waals surface area contributed by atoms with Crippen molar-refractivity contribution in [2.45, 2.75) is 45.7 Å². The van der Waals surface area contributed by atoms with Gasteiger partial charge in [0.1, 0.15) is 5.84 Å². The molecule has 1 rings (SSSR count). The quantitative estimate of drug-likeness (QED) is 0.510. The van der Waals surface area contributed by atoms with Gasteiger partial charge in [-0.25, -0.2) is 4.79 Å². The number of amides is 2. The van der Waals surface area contributed by atoms with Gasteiger partial charge in [0.15, 0.2) is 0 Å². The van der Waals surface area contributed by atoms with E-state index in [0.29, 0.717) is 13.1 Å². The standard InChI is InChI=1S/C13H27N5O/c1-4-5-11(12(14)15)17-6-8-18(9-7-17)13(19)16-10(2)3/h10-11H,4-9H2,1-3H3,(H3,14,15)(H,16,19). The molecule has 1 saturated heterocycles. The van der Waals surface area contributed by atoms with E-state index < -0.39 is 0 Å². The number of rotatable bonds is 5. The van der Waals surface area contributed by atoms with E-state index in [1.807, 2.05) is 18.7 Å². The van der Waals surface area contributed by atoms with Crippen LogP contribution in [0.2, 0.25) is 0 Å². The number of nitrogens with zero attached hydrogens (tertiary/aromatic N) is 2. The lowest BCUT2D eigenvalue weighted by Crippen LogP contribution is -2.57. The lowest BCUT2D eigenvalue weighted by molar-refractivity contribution is 0.123. The van der Waals surface area contributed by atoms with Crippen LogP contribution in [0.4, 0.5) is 4.79 Å². The summed E-state index contributed by atoms with van der Waals surface area (Å²) < 4.78 is 0. The van der Waals surface area contributed by atoms with Gasteiger partial charge in [0.2, 0.25) is 0 Å². The first kappa shape index (κ1) is 15.8. The van der Waals surface area contributed by atoms with E-state index in [4.69, 9.17) is 11.1 Å². The van der Waals surface area contributed by atoms with E-state index in [2.05, 4.69) is 17.1 Å². The maximum absolute atomic E-state index is 11.9. The molecule has 1 heterocycles. The molecule has 1 aliphatic rings. The maximum Gasteiger partial charge on any atom is 0.317 e. The van der Waals surface area contributed by atoms with Crippen molar-refractivity contribution in [1.82, 2.24) is 15.1 Å². The number of nitrogens with one attached hydrogen (secondary N) is 2. The fourth-order valence-corrected chi connectivity index (χ4v) is 2.38. The van der Waals surface area contributed by atoms with Crippen molar-refractivity contribution in [1.29, 1.82) is 5.41 Å². The van der Waals surface area contributed by atoms with Crippen molar-refractivity contribution >= 4 is 11.9 Å². The third-order valence-electron chi connectivity index (χ3n) is 3.38. The van der Waals surface area contributed by atoms with Gasteiger partial charge in [-0.15, -0.1) is 0 Å². The number of nitrogens with two attached hydrogens (primary N) is 1. The lowest BCUT2D eigenvalue weighted by Gasteiger charge is -2.39. The molecule has 0 spiro atoms. The van der Waals surface area contributed by atoms with Crippen molar-refractivity contribution in [3.8, 4) is 0 Å². The second kappa shape index (κ2) is 7.33. The van der Waals surface area contributed by atoms with Crippen LogP contribution in [0.15, 0.2) is 0 Å². The number of urea groups is 1. The van der Waals surface area contributed by atoms with Crippen LogP contribution in [0.25, 0.3) is 0 Å². The Labute approximate surface area is 115 Å². The van der Waals surface area contributed by atoms with Crippen LogP contribution in [-0.4, -0.2) is 59.9 Å². The maximum atomic E-state index is 11.9. The predicted molar refractivity (Wildman–Crippen MR) is 77.4 cm³/mol. The minimum atomic E-state index is 0.00418. The predicted octanol–water partition coefficient (Wildman–Crippen LogP) is 0.827. The number of hydrogen-bond donors (Lipinski definition) is 3. The Morgan fingerprint density at radius 1 is 1.32 bits per heavy atom. The molecule has 1 aliphatic heterocycles. The molecule has 110 valence electrons. The van der Waals surface area contributed by atoms with E-state index >= 15 is 0 Å². The van der Waals surface area contributed by atoms with Gasteiger partial charge in [0.25, 0.3) is 0 Å². The summed E-state index contributed by atoms with van der Waals surface area (Å²) in [4.78, 5) is 15.9. The molecule has 0 aliphatic carbocycles. The normalized spacial score (nSPS) is 18.4. The SMILES string of the molecule is CCCC(C(=N)N)N1CCN(C(=O)NC(C)C)CC1. The highest BCUT2D eigenvalue weighted by Gasteiger charge is 2.27. The first-order chi connectivity index (χ1) is 8.95. The zero-order chi connectivity index (χ0) is 14.4. The molecule has 0 saturated carbocycles. The Kier molecular flexibility index (Phi) is 6.08. The minimum absolute atomic E-state index is 0.00418. The summed E-state index contributed by atoms with van der Waals surface area (Å²) in [5.41, 5.74) is 5.66. The third kappa shape index (κ3) is 4.70. The van der Waals surface area contributed by atoms with Crippen molar-refractivity contribution in [3.63, 3.8) is 0 Å². The third-order valence-corrected chi connectivity index (χ3v) is 3.38. The molecule has 0 aromatic rings. The first-order valence-corrected chi connectivity index (χ1v) is 7.09. The van der Waals surface area contributed by atoms with Crippen LogP contribution in [0, 0.1) is 5.41 Å². The highest BCUT2D eigenvalue weighted by Crippen LogP contribution is 2.11. The van der Waals surface area contributed by atoms with Gasteiger partial charge in [-0.1, -0.05) is 13.3 Å². The Morgan fingerprint density at radius 3 is 2.32 bits per heavy atom. The van der Waals surface area contributed by atoms with Gasteiger partial charge < -0.3 is 16.0 Å². The molecule has 4 N–H and O–H groups in total. The highest BCUT2D eigenvalue weighted by molar-refractivity contribution is 5.82. The van der Waals surface area contributed by atoms with E-state index in [-0.39, 0.29) is 24.0 Å². The summed E-state index contributed by atoms with van der Waals surface area (Å²) in [6, 6.07) is 0.195. The van der Waals surface area contributed by atoms with Gasteiger partial charge in [0.05, 0.1) is 6.04 Å². The van der Waals surface area contributed by atoms with Crippen molar-refractivity contribution in [3.05, 3.63) is 0 Å². The molecule has 6 nitrogen and oxygen atoms in total. The second-order valence-electron chi connectivity index (χ2n) is 5.39. The number of carbonyl (C=O) groups excluding carboxylic acids is 1. The van der Waals surface area contributed by atoms with E-state index in [1.165, 1.54) is 0 Å². The molecule has 0 aromatic heterocycles. The summed E-state index contributed by atoms with van der Waals surface area (Å²) in [6.45, 7) is 8.99. The molecule has 0 bridgehead atoms. The molecule has 0 aromatic carbocycles. The van der Waals surface area contributed by atoms with Crippen LogP contribution in [0.3, 0.4) is 0 Å². The van der Waals surface area contributed by atoms with Gasteiger partial charge in [-0.05, 0) is 20.3 Å². The smallest absolute Gasteiger partial charge is 0.317 e. The van der Waals surface area contributed by atoms with Gasteiger partial charge in [0, 0.05) is 32.2 Å². The second-order valence-corrected chi connectivity index (χ2v) is 5.39. The highest BCUT2D eigenvalue weighted by atomic mass is 16.2. The number of hydrogen-bond acceptors (Lipinski definition) is 3. The van der Waals surface area contributed by atoms with Gasteiger partial charge in [-0.2, -0.15) is 0 Å². The monoisotopic (exact) mass is 269 g/mol. The van der Waals surface area contributed by atoms with Crippen LogP contribution in [0.5, 0.6) is 0 Å². The zero-order valence-corrected chi connectivity index (χ0v) is 12.3. The molecule has 2 amide bonds. The molecular weight excluding hydrogens is 242 g/mol. The molecule has 19 heavy (non-hydrogen) atoms. The fraction of sp³-hybridized carbons (Fsp3) is 0.846. The molecular formula is C13H27N5O. The largest absolute Gasteiger partial charge is 0.386 e. The summed E-state index contributed by atoms with van der Waals surface area (Å²) in [6.07, 6.45) is 1.92. The Bertz CT molecular complexity index is 310. The number of amidine groups is 1. The van der Waals surface area contributed by atoms with Crippen molar-refractivity contribution < 1.29 is 4.79 Å². The van der Waals surface area contributed by atoms with Gasteiger partial charge in [-0.3, -0.25) is 10.3 Å². The summed E-state index contributed by atoms with van der Waals surface area (Å²) in [5, 5.41) is 10.6. The fourth-order valence-electron chi connectivity index (χ4n) is 2.38. The molecule has 1 fully saturated rings. The topological polar surface area (TPSA) is 85.5 Å². The summed E-state index contributed by atoms with van der Waals surface area (Å²) in [7, 11) is 0.